The first kappa shape index (κ1) is 38.8. The van der Waals surface area contributed by atoms with Gasteiger partial charge in [-0.2, -0.15) is 5.01 Å². The largest absolute Gasteiger partial charge is 0.507 e. The number of piperidine rings is 1. The Morgan fingerprint density at radius 2 is 1.58 bits per heavy atom. The first-order chi connectivity index (χ1) is 28.5. The summed E-state index contributed by atoms with van der Waals surface area (Å²) in [6.07, 6.45) is 3.54. The van der Waals surface area contributed by atoms with Crippen LogP contribution in [0.4, 0.5) is 10.1 Å². The number of phenols is 1. The summed E-state index contributed by atoms with van der Waals surface area (Å²) in [5.74, 6) is -6.06. The van der Waals surface area contributed by atoms with Gasteiger partial charge < -0.3 is 14.6 Å². The van der Waals surface area contributed by atoms with Crippen LogP contribution < -0.4 is 14.9 Å². The van der Waals surface area contributed by atoms with Crippen molar-refractivity contribution in [1.82, 2.24) is 14.8 Å². The fourth-order valence-corrected chi connectivity index (χ4v) is 10.8. The van der Waals surface area contributed by atoms with Crippen LogP contribution in [-0.2, 0) is 31.1 Å². The van der Waals surface area contributed by atoms with E-state index < -0.39 is 52.6 Å². The van der Waals surface area contributed by atoms with E-state index >= 15 is 9.59 Å². The average Bonchev–Trinajstić information content (AvgIpc) is 3.63. The molecule has 0 spiro atoms. The number of benzene rings is 4. The van der Waals surface area contributed by atoms with E-state index in [1.54, 1.807) is 30.3 Å². The minimum Gasteiger partial charge on any atom is -0.507 e. The first-order valence-corrected chi connectivity index (χ1v) is 20.4. The molecular formula is C46H44ClFN4O7. The number of carbonyl (C=O) groups excluding carboxylic acids is 4. The van der Waals surface area contributed by atoms with Gasteiger partial charge >= 0.3 is 0 Å². The van der Waals surface area contributed by atoms with Crippen LogP contribution in [0, 0.1) is 29.5 Å². The van der Waals surface area contributed by atoms with E-state index in [0.717, 1.165) is 24.6 Å². The zero-order valence-electron chi connectivity index (χ0n) is 32.6. The number of ether oxygens (including phenoxy) is 2. The molecule has 3 saturated heterocycles. The number of nitrogens with one attached hydrogen (secondary N) is 1. The summed E-state index contributed by atoms with van der Waals surface area (Å²) < 4.78 is 25.4. The summed E-state index contributed by atoms with van der Waals surface area (Å²) >= 11 is 6.42. The predicted octanol–water partition coefficient (Wildman–Crippen LogP) is 6.85. The molecule has 4 fully saturated rings. The van der Waals surface area contributed by atoms with Crippen LogP contribution in [0.5, 0.6) is 17.2 Å². The van der Waals surface area contributed by atoms with Crippen LogP contribution in [-0.4, -0.2) is 76.9 Å². The average molecular weight is 819 g/mol. The fraction of sp³-hybridized carbons (Fsp3) is 0.348. The lowest BCUT2D eigenvalue weighted by molar-refractivity contribution is -0.144. The Hall–Kier alpha value is -5.72. The van der Waals surface area contributed by atoms with Gasteiger partial charge in [-0.15, -0.1) is 0 Å². The van der Waals surface area contributed by atoms with E-state index in [0.29, 0.717) is 40.4 Å². The van der Waals surface area contributed by atoms with Gasteiger partial charge in [-0.25, -0.2) is 4.39 Å². The first-order valence-electron chi connectivity index (χ1n) is 20.0. The highest BCUT2D eigenvalue weighted by Crippen LogP contribution is 2.66. The Morgan fingerprint density at radius 3 is 2.25 bits per heavy atom. The third-order valence-electron chi connectivity index (χ3n) is 13.3. The molecule has 6 unspecified atom stereocenters. The van der Waals surface area contributed by atoms with Crippen molar-refractivity contribution in [3.05, 3.63) is 130 Å². The molecule has 11 nitrogen and oxygen atoms in total. The predicted molar refractivity (Wildman–Crippen MR) is 217 cm³/mol. The normalized spacial score (nSPS) is 27.0. The number of hydrogen-bond donors (Lipinski definition) is 2. The Morgan fingerprint density at radius 1 is 0.864 bits per heavy atom. The highest BCUT2D eigenvalue weighted by molar-refractivity contribution is 6.30. The Kier molecular flexibility index (Phi) is 9.95. The van der Waals surface area contributed by atoms with Crippen LogP contribution in [0.25, 0.3) is 0 Å². The quantitative estimate of drug-likeness (QED) is 0.138. The van der Waals surface area contributed by atoms with Crippen LogP contribution in [0.2, 0.25) is 5.02 Å². The van der Waals surface area contributed by atoms with Crippen LogP contribution in [0.3, 0.4) is 0 Å². The lowest BCUT2D eigenvalue weighted by Gasteiger charge is -2.50. The van der Waals surface area contributed by atoms with Gasteiger partial charge in [0.15, 0.2) is 0 Å². The molecule has 3 heterocycles. The number of anilines is 1. The van der Waals surface area contributed by atoms with E-state index in [2.05, 4.69) is 22.5 Å². The van der Waals surface area contributed by atoms with Gasteiger partial charge in [-0.3, -0.25) is 34.4 Å². The lowest BCUT2D eigenvalue weighted by atomic mass is 9.49. The van der Waals surface area contributed by atoms with Crippen LogP contribution in [0.15, 0.2) is 103 Å². The highest BCUT2D eigenvalue weighted by Gasteiger charge is 2.71. The maximum Gasteiger partial charge on any atom is 0.260 e. The molecule has 6 atom stereocenters. The van der Waals surface area contributed by atoms with Crippen molar-refractivity contribution in [3.63, 3.8) is 0 Å². The SMILES string of the molecule is COc1cc(O)c(C2C3=CCC4C(=O)N(C5CCN(Cc6ccccc6)CC5)C(=O)C4C3CC3C(=O)N(Nc4ccc(F)cc4)C(=O)C32c2ccc(Cl)cc2)c(OC)c1. The molecule has 4 amide bonds. The highest BCUT2D eigenvalue weighted by atomic mass is 35.5. The van der Waals surface area contributed by atoms with Gasteiger partial charge in [0, 0.05) is 54.3 Å². The number of hydrazine groups is 1. The third kappa shape index (κ3) is 6.26. The standard InChI is InChI=1S/C46H44ClFN4O7/c1-58-32-22-37(53)40(38(23-32)59-2)41-33-16-17-34-39(44(56)51(42(34)54)31-18-20-50(21-19-31)25-26-6-4-3-5-7-26)35(33)24-36-43(55)52(49-30-14-12-29(48)13-15-30)45(57)46(36,41)27-8-10-28(47)11-9-27/h3-16,22-23,31,34-36,39,41,49,53H,17-21,24-25H2,1-2H3. The molecule has 9 rings (SSSR count). The number of halogens is 2. The second-order valence-corrected chi connectivity index (χ2v) is 16.6. The molecule has 0 aromatic heterocycles. The maximum absolute atomic E-state index is 15.5. The number of methoxy groups -OCH3 is 2. The second kappa shape index (κ2) is 15.1. The van der Waals surface area contributed by atoms with E-state index in [4.69, 9.17) is 21.1 Å². The molecule has 13 heteroatoms. The van der Waals surface area contributed by atoms with Crippen molar-refractivity contribution in [2.75, 3.05) is 32.7 Å². The third-order valence-corrected chi connectivity index (χ3v) is 13.6. The topological polar surface area (TPSA) is 129 Å². The minimum absolute atomic E-state index is 0.0694. The van der Waals surface area contributed by atoms with Crippen molar-refractivity contribution < 1.29 is 38.1 Å². The molecule has 0 bridgehead atoms. The van der Waals surface area contributed by atoms with Gasteiger partial charge in [0.05, 0.1) is 43.1 Å². The number of carbonyl (C=O) groups is 4. The van der Waals surface area contributed by atoms with Gasteiger partial charge in [0.25, 0.3) is 11.8 Å². The smallest absolute Gasteiger partial charge is 0.260 e. The number of aromatic hydroxyl groups is 1. The summed E-state index contributed by atoms with van der Waals surface area (Å²) in [5, 5.41) is 13.4. The molecule has 1 saturated carbocycles. The Balaban J connectivity index is 1.15. The molecule has 4 aromatic carbocycles. The number of hydrogen-bond acceptors (Lipinski definition) is 9. The minimum atomic E-state index is -1.69. The van der Waals surface area contributed by atoms with E-state index in [1.807, 2.05) is 24.3 Å². The van der Waals surface area contributed by atoms with Crippen LogP contribution >= 0.6 is 11.6 Å². The molecule has 0 radical (unpaired) electrons. The summed E-state index contributed by atoms with van der Waals surface area (Å²) in [7, 11) is 2.90. The van der Waals surface area contributed by atoms with Gasteiger partial charge in [0.1, 0.15) is 23.1 Å². The zero-order chi connectivity index (χ0) is 41.2. The molecule has 304 valence electrons. The number of rotatable bonds is 9. The van der Waals surface area contributed by atoms with Crippen molar-refractivity contribution in [2.45, 2.75) is 49.6 Å². The number of nitrogens with zero attached hydrogens (tertiary/aromatic N) is 3. The molecule has 4 aromatic rings. The number of likely N-dealkylation sites (tertiary alicyclic amines) is 2. The Bertz CT molecular complexity index is 2350. The van der Waals surface area contributed by atoms with Crippen molar-refractivity contribution >= 4 is 40.9 Å². The summed E-state index contributed by atoms with van der Waals surface area (Å²) in [6.45, 7) is 2.25. The molecule has 2 N–H and O–H groups in total. The van der Waals surface area contributed by atoms with Gasteiger partial charge in [0.2, 0.25) is 11.8 Å². The van der Waals surface area contributed by atoms with Gasteiger partial charge in [-0.1, -0.05) is 65.7 Å². The second-order valence-electron chi connectivity index (χ2n) is 16.2. The maximum atomic E-state index is 15.5. The number of amides is 4. The van der Waals surface area contributed by atoms with Crippen LogP contribution in [0.1, 0.15) is 48.3 Å². The number of phenolic OH excluding ortho intramolecular Hbond substituents is 1. The van der Waals surface area contributed by atoms with Crippen molar-refractivity contribution in [3.8, 4) is 17.2 Å². The molecule has 59 heavy (non-hydrogen) atoms. The summed E-state index contributed by atoms with van der Waals surface area (Å²) in [6, 6.07) is 25.0. The van der Waals surface area contributed by atoms with E-state index in [1.165, 1.54) is 55.0 Å². The zero-order valence-corrected chi connectivity index (χ0v) is 33.4. The molecule has 2 aliphatic carbocycles. The van der Waals surface area contributed by atoms with Crippen molar-refractivity contribution in [1.29, 1.82) is 0 Å². The van der Waals surface area contributed by atoms with E-state index in [-0.39, 0.29) is 47.8 Å². The molecule has 5 aliphatic rings. The fourth-order valence-electron chi connectivity index (χ4n) is 10.7. The monoisotopic (exact) mass is 818 g/mol. The number of fused-ring (bicyclic) bond motifs is 4. The van der Waals surface area contributed by atoms with E-state index in [9.17, 15) is 19.1 Å². The lowest BCUT2D eigenvalue weighted by Crippen LogP contribution is -2.53. The molecular weight excluding hydrogens is 775 g/mol. The summed E-state index contributed by atoms with van der Waals surface area (Å²) in [5.41, 5.74) is 4.14. The summed E-state index contributed by atoms with van der Waals surface area (Å²) in [4.78, 5) is 63.7. The molecule has 3 aliphatic heterocycles. The van der Waals surface area contributed by atoms with Crippen molar-refractivity contribution in [2.24, 2.45) is 23.7 Å². The van der Waals surface area contributed by atoms with Gasteiger partial charge in [-0.05, 0) is 79.1 Å². The Labute approximate surface area is 346 Å². The number of allylic oxidation sites excluding steroid dienone is 2. The number of imide groups is 2.